The Labute approximate surface area is 160 Å². The number of hydrogen-bond acceptors (Lipinski definition) is 2. The molecule has 0 aliphatic carbocycles. The maximum absolute atomic E-state index is 6.48. The molecule has 25 heavy (non-hydrogen) atoms. The lowest BCUT2D eigenvalue weighted by Crippen LogP contribution is -2.54. The van der Waals surface area contributed by atoms with E-state index in [2.05, 4.69) is 48.5 Å². The summed E-state index contributed by atoms with van der Waals surface area (Å²) in [5.41, 5.74) is 0. The summed E-state index contributed by atoms with van der Waals surface area (Å²) in [6.45, 7) is 17.6. The Hall–Kier alpha value is 0.137. The van der Waals surface area contributed by atoms with Gasteiger partial charge in [0.15, 0.2) is 0 Å². The summed E-state index contributed by atoms with van der Waals surface area (Å²) in [6.07, 6.45) is 13.4. The summed E-state index contributed by atoms with van der Waals surface area (Å²) < 4.78 is 13.0. The third kappa shape index (κ3) is 8.58. The van der Waals surface area contributed by atoms with Crippen molar-refractivity contribution >= 4 is 8.56 Å². The highest BCUT2D eigenvalue weighted by Gasteiger charge is 2.53. The first-order chi connectivity index (χ1) is 11.9. The predicted molar refractivity (Wildman–Crippen MR) is 115 cm³/mol. The maximum atomic E-state index is 6.48. The molecule has 0 rings (SSSR count). The second kappa shape index (κ2) is 14.2. The molecule has 1 unspecified atom stereocenters. The molecule has 0 amide bonds. The van der Waals surface area contributed by atoms with Gasteiger partial charge in [0, 0.05) is 18.3 Å². The highest BCUT2D eigenvalue weighted by molar-refractivity contribution is 6.70. The van der Waals surface area contributed by atoms with E-state index in [-0.39, 0.29) is 5.04 Å². The van der Waals surface area contributed by atoms with E-state index in [9.17, 15) is 0 Å². The average molecular weight is 373 g/mol. The normalized spacial score (nSPS) is 14.0. The molecule has 0 N–H and O–H groups in total. The standard InChI is InChI=1S/C22H48O2Si/c1-8-12-13-14-15-16-17-18-20-25(23-10-3,24-11-4)22(6,7)21(5)19-9-2/h21H,8-20H2,1-7H3. The molecule has 0 aliphatic heterocycles. The van der Waals surface area contributed by atoms with Crippen molar-refractivity contribution in [1.29, 1.82) is 0 Å². The Morgan fingerprint density at radius 1 is 0.720 bits per heavy atom. The van der Waals surface area contributed by atoms with Gasteiger partial charge in [-0.25, -0.2) is 0 Å². The molecule has 0 aliphatic rings. The third-order valence-electron chi connectivity index (χ3n) is 6.05. The number of hydrogen-bond donors (Lipinski definition) is 0. The fourth-order valence-electron chi connectivity index (χ4n) is 4.01. The van der Waals surface area contributed by atoms with Crippen LogP contribution in [0.1, 0.15) is 113 Å². The van der Waals surface area contributed by atoms with Crippen LogP contribution in [0.15, 0.2) is 0 Å². The zero-order chi connectivity index (χ0) is 19.2. The van der Waals surface area contributed by atoms with Crippen LogP contribution in [0.5, 0.6) is 0 Å². The van der Waals surface area contributed by atoms with Gasteiger partial charge >= 0.3 is 8.56 Å². The van der Waals surface area contributed by atoms with Crippen LogP contribution in [0, 0.1) is 5.92 Å². The van der Waals surface area contributed by atoms with Crippen LogP contribution >= 0.6 is 0 Å². The topological polar surface area (TPSA) is 18.5 Å². The van der Waals surface area contributed by atoms with E-state index >= 15 is 0 Å². The van der Waals surface area contributed by atoms with Gasteiger partial charge in [0.1, 0.15) is 0 Å². The molecular formula is C22H48O2Si. The van der Waals surface area contributed by atoms with Crippen LogP contribution in [0.4, 0.5) is 0 Å². The van der Waals surface area contributed by atoms with Crippen LogP contribution in [0.3, 0.4) is 0 Å². The van der Waals surface area contributed by atoms with Gasteiger partial charge in [0.25, 0.3) is 0 Å². The summed E-state index contributed by atoms with van der Waals surface area (Å²) >= 11 is 0. The lowest BCUT2D eigenvalue weighted by atomic mass is 9.92. The van der Waals surface area contributed by atoms with Crippen molar-refractivity contribution in [3.8, 4) is 0 Å². The van der Waals surface area contributed by atoms with Crippen molar-refractivity contribution in [2.24, 2.45) is 5.92 Å². The fourth-order valence-corrected chi connectivity index (χ4v) is 8.31. The Morgan fingerprint density at radius 3 is 1.64 bits per heavy atom. The summed E-state index contributed by atoms with van der Waals surface area (Å²) in [5, 5.41) is 0.163. The highest BCUT2D eigenvalue weighted by Crippen LogP contribution is 2.49. The van der Waals surface area contributed by atoms with Gasteiger partial charge in [-0.3, -0.25) is 0 Å². The van der Waals surface area contributed by atoms with Gasteiger partial charge in [-0.1, -0.05) is 98.8 Å². The van der Waals surface area contributed by atoms with Crippen LogP contribution in [0.2, 0.25) is 11.1 Å². The highest BCUT2D eigenvalue weighted by atomic mass is 28.4. The Morgan fingerprint density at radius 2 is 1.20 bits per heavy atom. The molecule has 0 saturated carbocycles. The lowest BCUT2D eigenvalue weighted by Gasteiger charge is -2.46. The summed E-state index contributed by atoms with van der Waals surface area (Å²) in [7, 11) is -2.20. The van der Waals surface area contributed by atoms with E-state index in [1.165, 1.54) is 64.2 Å². The fraction of sp³-hybridized carbons (Fsp3) is 1.00. The first kappa shape index (κ1) is 25.1. The van der Waals surface area contributed by atoms with E-state index in [0.717, 1.165) is 19.3 Å². The van der Waals surface area contributed by atoms with Crippen molar-refractivity contribution in [3.05, 3.63) is 0 Å². The van der Waals surface area contributed by atoms with Crippen molar-refractivity contribution in [1.82, 2.24) is 0 Å². The van der Waals surface area contributed by atoms with Gasteiger partial charge < -0.3 is 8.85 Å². The minimum atomic E-state index is -2.20. The lowest BCUT2D eigenvalue weighted by molar-refractivity contribution is 0.139. The third-order valence-corrected chi connectivity index (χ3v) is 11.0. The Kier molecular flexibility index (Phi) is 14.3. The average Bonchev–Trinajstić information content (AvgIpc) is 2.57. The van der Waals surface area contributed by atoms with E-state index in [1.807, 2.05) is 0 Å². The summed E-state index contributed by atoms with van der Waals surface area (Å²) in [6, 6.07) is 1.16. The zero-order valence-corrected chi connectivity index (χ0v) is 19.6. The van der Waals surface area contributed by atoms with E-state index in [1.54, 1.807) is 0 Å². The van der Waals surface area contributed by atoms with Crippen molar-refractivity contribution < 1.29 is 8.85 Å². The Balaban J connectivity index is 4.70. The molecule has 0 fully saturated rings. The van der Waals surface area contributed by atoms with Gasteiger partial charge in [-0.05, 0) is 25.8 Å². The van der Waals surface area contributed by atoms with Gasteiger partial charge in [-0.2, -0.15) is 0 Å². The smallest absolute Gasteiger partial charge is 0.344 e. The van der Waals surface area contributed by atoms with Crippen LogP contribution in [-0.4, -0.2) is 21.8 Å². The molecule has 0 radical (unpaired) electrons. The minimum absolute atomic E-state index is 0.163. The van der Waals surface area contributed by atoms with Crippen molar-refractivity contribution in [2.75, 3.05) is 13.2 Å². The molecule has 0 spiro atoms. The second-order valence-electron chi connectivity index (χ2n) is 8.26. The quantitative estimate of drug-likeness (QED) is 0.191. The first-order valence-corrected chi connectivity index (χ1v) is 13.2. The van der Waals surface area contributed by atoms with E-state index < -0.39 is 8.56 Å². The van der Waals surface area contributed by atoms with Crippen LogP contribution in [0.25, 0.3) is 0 Å². The molecule has 152 valence electrons. The maximum Gasteiger partial charge on any atom is 0.344 e. The molecule has 1 atom stereocenters. The van der Waals surface area contributed by atoms with Gasteiger partial charge in [0.05, 0.1) is 0 Å². The molecule has 3 heteroatoms. The van der Waals surface area contributed by atoms with Crippen LogP contribution < -0.4 is 0 Å². The predicted octanol–water partition coefficient (Wildman–Crippen LogP) is 7.86. The Bertz CT molecular complexity index is 298. The van der Waals surface area contributed by atoms with Crippen molar-refractivity contribution in [3.63, 3.8) is 0 Å². The van der Waals surface area contributed by atoms with Gasteiger partial charge in [-0.15, -0.1) is 0 Å². The summed E-state index contributed by atoms with van der Waals surface area (Å²) in [5.74, 6) is 0.649. The molecule has 0 aromatic rings. The van der Waals surface area contributed by atoms with E-state index in [4.69, 9.17) is 8.85 Å². The zero-order valence-electron chi connectivity index (χ0n) is 18.6. The monoisotopic (exact) mass is 372 g/mol. The second-order valence-corrected chi connectivity index (χ2v) is 12.1. The number of rotatable bonds is 17. The minimum Gasteiger partial charge on any atom is -0.394 e. The molecule has 0 bridgehead atoms. The van der Waals surface area contributed by atoms with E-state index in [0.29, 0.717) is 5.92 Å². The SMILES string of the molecule is CCCCCCCCCC[Si](OCC)(OCC)C(C)(C)C(C)CCC. The summed E-state index contributed by atoms with van der Waals surface area (Å²) in [4.78, 5) is 0. The molecule has 0 aromatic heterocycles. The molecule has 2 nitrogen and oxygen atoms in total. The largest absolute Gasteiger partial charge is 0.394 e. The number of unbranched alkanes of at least 4 members (excludes halogenated alkanes) is 7. The van der Waals surface area contributed by atoms with Crippen LogP contribution in [-0.2, 0) is 8.85 Å². The first-order valence-electron chi connectivity index (χ1n) is 11.2. The van der Waals surface area contributed by atoms with Gasteiger partial charge in [0.2, 0.25) is 0 Å². The molecule has 0 saturated heterocycles. The molecule has 0 aromatic carbocycles. The van der Waals surface area contributed by atoms with Crippen molar-refractivity contribution in [2.45, 2.75) is 124 Å². The molecular weight excluding hydrogens is 324 g/mol. The molecule has 0 heterocycles.